The van der Waals surface area contributed by atoms with Crippen molar-refractivity contribution in [1.29, 1.82) is 0 Å². The minimum absolute atomic E-state index is 0.0587. The molecule has 0 saturated carbocycles. The van der Waals surface area contributed by atoms with Gasteiger partial charge in [0.1, 0.15) is 0 Å². The number of halogens is 2. The molecule has 0 atom stereocenters. The van der Waals surface area contributed by atoms with Gasteiger partial charge in [-0.25, -0.2) is 0 Å². The molecule has 1 rings (SSSR count). The van der Waals surface area contributed by atoms with Crippen molar-refractivity contribution in [3.05, 3.63) is 49.6 Å². The number of allylic oxidation sites excluding steroid dienone is 1. The summed E-state index contributed by atoms with van der Waals surface area (Å²) in [6, 6.07) is 4.85. The normalized spacial score (nSPS) is 11.5. The zero-order chi connectivity index (χ0) is 10.7. The Hall–Kier alpha value is -1.06. The van der Waals surface area contributed by atoms with Gasteiger partial charge in [0.25, 0.3) is 0 Å². The molecule has 0 saturated heterocycles. The first kappa shape index (κ1) is 11.0. The number of hydrogen-bond acceptors (Lipinski definition) is 2. The summed E-state index contributed by atoms with van der Waals surface area (Å²) in [6.07, 6.45) is 1.43. The van der Waals surface area contributed by atoms with Crippen LogP contribution < -0.4 is 0 Å². The first-order valence-corrected chi connectivity index (χ1v) is 4.54. The molecule has 1 aromatic rings. The summed E-state index contributed by atoms with van der Waals surface area (Å²) in [5.74, 6) is 0. The van der Waals surface area contributed by atoms with E-state index in [1.807, 2.05) is 0 Å². The van der Waals surface area contributed by atoms with E-state index in [0.29, 0.717) is 15.6 Å². The Morgan fingerprint density at radius 1 is 1.43 bits per heavy atom. The van der Waals surface area contributed by atoms with Crippen LogP contribution in [0.3, 0.4) is 0 Å². The molecule has 0 bridgehead atoms. The van der Waals surface area contributed by atoms with E-state index < -0.39 is 4.92 Å². The van der Waals surface area contributed by atoms with E-state index >= 15 is 0 Å². The summed E-state index contributed by atoms with van der Waals surface area (Å²) in [5.41, 5.74) is 0.719. The first-order valence-electron chi connectivity index (χ1n) is 3.78. The van der Waals surface area contributed by atoms with Gasteiger partial charge in [0.15, 0.2) is 0 Å². The number of hydrogen-bond donors (Lipinski definition) is 0. The van der Waals surface area contributed by atoms with Gasteiger partial charge in [-0.3, -0.25) is 10.1 Å². The third-order valence-electron chi connectivity index (χ3n) is 1.61. The smallest absolute Gasteiger partial charge is 0.243 e. The van der Waals surface area contributed by atoms with Crippen molar-refractivity contribution >= 4 is 29.3 Å². The molecule has 0 aliphatic carbocycles. The van der Waals surface area contributed by atoms with E-state index in [0.717, 1.165) is 0 Å². The van der Waals surface area contributed by atoms with Gasteiger partial charge in [-0.2, -0.15) is 0 Å². The quantitative estimate of drug-likeness (QED) is 0.577. The fourth-order valence-corrected chi connectivity index (χ4v) is 1.20. The summed E-state index contributed by atoms with van der Waals surface area (Å²) >= 11 is 11.4. The van der Waals surface area contributed by atoms with Crippen LogP contribution in [-0.2, 0) is 0 Å². The zero-order valence-corrected chi connectivity index (χ0v) is 8.84. The molecule has 0 aliphatic heterocycles. The van der Waals surface area contributed by atoms with Gasteiger partial charge in [0.05, 0.1) is 15.0 Å². The van der Waals surface area contributed by atoms with E-state index in [1.54, 1.807) is 18.2 Å². The van der Waals surface area contributed by atoms with Crippen molar-refractivity contribution in [3.63, 3.8) is 0 Å². The van der Waals surface area contributed by atoms with Crippen molar-refractivity contribution in [1.82, 2.24) is 0 Å². The second kappa shape index (κ2) is 4.44. The van der Waals surface area contributed by atoms with Crippen LogP contribution in [0.15, 0.2) is 23.9 Å². The van der Waals surface area contributed by atoms with Crippen LogP contribution in [0.4, 0.5) is 0 Å². The summed E-state index contributed by atoms with van der Waals surface area (Å²) in [7, 11) is 0. The van der Waals surface area contributed by atoms with Crippen LogP contribution in [0.1, 0.15) is 12.5 Å². The Kier molecular flexibility index (Phi) is 3.49. The third kappa shape index (κ3) is 2.72. The molecule has 5 heteroatoms. The van der Waals surface area contributed by atoms with Gasteiger partial charge in [0, 0.05) is 13.0 Å². The molecular formula is C9H7Cl2NO2. The molecule has 1 aromatic carbocycles. The lowest BCUT2D eigenvalue weighted by Crippen LogP contribution is -1.92. The van der Waals surface area contributed by atoms with Gasteiger partial charge in [0.2, 0.25) is 5.70 Å². The van der Waals surface area contributed by atoms with E-state index in [1.165, 1.54) is 13.0 Å². The van der Waals surface area contributed by atoms with Crippen molar-refractivity contribution in [2.45, 2.75) is 6.92 Å². The predicted octanol–water partition coefficient (Wildman–Crippen LogP) is 3.63. The molecule has 14 heavy (non-hydrogen) atoms. The molecule has 0 heterocycles. The van der Waals surface area contributed by atoms with E-state index in [4.69, 9.17) is 23.2 Å². The Morgan fingerprint density at radius 2 is 2.07 bits per heavy atom. The summed E-state index contributed by atoms with van der Waals surface area (Å²) in [4.78, 5) is 9.88. The lowest BCUT2D eigenvalue weighted by atomic mass is 10.2. The van der Waals surface area contributed by atoms with Crippen LogP contribution in [0, 0.1) is 10.1 Å². The largest absolute Gasteiger partial charge is 0.259 e. The van der Waals surface area contributed by atoms with Crippen LogP contribution in [-0.4, -0.2) is 4.92 Å². The molecule has 0 radical (unpaired) electrons. The molecule has 0 fully saturated rings. The average molecular weight is 232 g/mol. The molecule has 0 unspecified atom stereocenters. The van der Waals surface area contributed by atoms with E-state index in [-0.39, 0.29) is 5.70 Å². The van der Waals surface area contributed by atoms with E-state index in [9.17, 15) is 10.1 Å². The third-order valence-corrected chi connectivity index (χ3v) is 2.35. The van der Waals surface area contributed by atoms with Crippen LogP contribution in [0.2, 0.25) is 10.0 Å². The Bertz CT molecular complexity index is 402. The minimum atomic E-state index is -0.456. The van der Waals surface area contributed by atoms with Gasteiger partial charge >= 0.3 is 0 Å². The van der Waals surface area contributed by atoms with Gasteiger partial charge in [-0.05, 0) is 17.7 Å². The molecule has 0 spiro atoms. The monoisotopic (exact) mass is 231 g/mol. The number of nitro groups is 1. The molecule has 0 N–H and O–H groups in total. The molecule has 0 amide bonds. The highest BCUT2D eigenvalue weighted by Gasteiger charge is 2.03. The Balaban J connectivity index is 3.04. The predicted molar refractivity (Wildman–Crippen MR) is 57.1 cm³/mol. The fourth-order valence-electron chi connectivity index (χ4n) is 0.896. The average Bonchev–Trinajstić information content (AvgIpc) is 2.11. The van der Waals surface area contributed by atoms with Gasteiger partial charge in [-0.1, -0.05) is 29.3 Å². The first-order chi connectivity index (χ1) is 6.50. The fraction of sp³-hybridized carbons (Fsp3) is 0.111. The van der Waals surface area contributed by atoms with Crippen molar-refractivity contribution in [2.75, 3.05) is 0 Å². The number of nitrogens with zero attached hydrogens (tertiary/aromatic N) is 1. The number of rotatable bonds is 2. The maximum Gasteiger partial charge on any atom is 0.243 e. The Labute approximate surface area is 91.1 Å². The van der Waals surface area contributed by atoms with Crippen molar-refractivity contribution in [3.8, 4) is 0 Å². The summed E-state index contributed by atoms with van der Waals surface area (Å²) in [6.45, 7) is 1.42. The number of benzene rings is 1. The summed E-state index contributed by atoms with van der Waals surface area (Å²) in [5, 5.41) is 11.2. The SMILES string of the molecule is C/C(=C\c1ccc(Cl)c(Cl)c1)[N+](=O)[O-]. The second-order valence-electron chi connectivity index (χ2n) is 2.72. The molecular weight excluding hydrogens is 225 g/mol. The van der Waals surface area contributed by atoms with E-state index in [2.05, 4.69) is 0 Å². The highest BCUT2D eigenvalue weighted by molar-refractivity contribution is 6.42. The highest BCUT2D eigenvalue weighted by Crippen LogP contribution is 2.23. The lowest BCUT2D eigenvalue weighted by molar-refractivity contribution is -0.422. The highest BCUT2D eigenvalue weighted by atomic mass is 35.5. The van der Waals surface area contributed by atoms with Crippen molar-refractivity contribution in [2.24, 2.45) is 0 Å². The van der Waals surface area contributed by atoms with Crippen molar-refractivity contribution < 1.29 is 4.92 Å². The molecule has 0 aliphatic rings. The van der Waals surface area contributed by atoms with Crippen LogP contribution >= 0.6 is 23.2 Å². The molecule has 3 nitrogen and oxygen atoms in total. The maximum absolute atomic E-state index is 10.3. The molecule has 0 aromatic heterocycles. The maximum atomic E-state index is 10.3. The van der Waals surface area contributed by atoms with Crippen LogP contribution in [0.5, 0.6) is 0 Å². The standard InChI is InChI=1S/C9H7Cl2NO2/c1-6(12(13)14)4-7-2-3-8(10)9(11)5-7/h2-5H,1H3/b6-4+. The van der Waals surface area contributed by atoms with Crippen LogP contribution in [0.25, 0.3) is 6.08 Å². The topological polar surface area (TPSA) is 43.1 Å². The second-order valence-corrected chi connectivity index (χ2v) is 3.53. The lowest BCUT2D eigenvalue weighted by Gasteiger charge is -1.97. The summed E-state index contributed by atoms with van der Waals surface area (Å²) < 4.78 is 0. The minimum Gasteiger partial charge on any atom is -0.259 e. The van der Waals surface area contributed by atoms with Gasteiger partial charge in [-0.15, -0.1) is 0 Å². The van der Waals surface area contributed by atoms with Gasteiger partial charge < -0.3 is 0 Å². The zero-order valence-electron chi connectivity index (χ0n) is 7.33. The Morgan fingerprint density at radius 3 is 2.57 bits per heavy atom. The molecule has 74 valence electrons.